The van der Waals surface area contributed by atoms with E-state index in [-0.39, 0.29) is 12.2 Å². The molecule has 6 nitrogen and oxygen atoms in total. The normalized spacial score (nSPS) is 10.6. The zero-order chi connectivity index (χ0) is 18.8. The first-order valence-corrected chi connectivity index (χ1v) is 8.44. The number of hydrogen-bond donors (Lipinski definition) is 2. The fourth-order valence-corrected chi connectivity index (χ4v) is 2.95. The second-order valence-electron chi connectivity index (χ2n) is 5.85. The van der Waals surface area contributed by atoms with Gasteiger partial charge in [-0.05, 0) is 43.2 Å². The Hall–Kier alpha value is -3.85. The van der Waals surface area contributed by atoms with Gasteiger partial charge in [-0.2, -0.15) is 0 Å². The van der Waals surface area contributed by atoms with Gasteiger partial charge < -0.3 is 14.7 Å². The number of carbonyl (C=O) groups excluding carboxylic acids is 1. The first-order valence-electron chi connectivity index (χ1n) is 8.44. The third-order valence-corrected chi connectivity index (χ3v) is 4.14. The zero-order valence-electron chi connectivity index (χ0n) is 14.5. The van der Waals surface area contributed by atoms with Crippen LogP contribution in [0.25, 0.3) is 21.8 Å². The van der Waals surface area contributed by atoms with Crippen LogP contribution in [0.4, 0.5) is 0 Å². The minimum atomic E-state index is -0.472. The van der Waals surface area contributed by atoms with E-state index in [1.54, 1.807) is 19.2 Å². The average Bonchev–Trinajstić information content (AvgIpc) is 3.14. The monoisotopic (exact) mass is 357 g/mol. The average molecular weight is 357 g/mol. The molecule has 0 unspecified atom stereocenters. The molecule has 0 saturated carbocycles. The summed E-state index contributed by atoms with van der Waals surface area (Å²) in [7, 11) is 0. The van der Waals surface area contributed by atoms with Gasteiger partial charge in [0.15, 0.2) is 0 Å². The van der Waals surface area contributed by atoms with Gasteiger partial charge in [0, 0.05) is 34.2 Å². The van der Waals surface area contributed by atoms with E-state index in [9.17, 15) is 9.59 Å². The summed E-state index contributed by atoms with van der Waals surface area (Å²) >= 11 is 0. The Bertz CT molecular complexity index is 1270. The third-order valence-electron chi connectivity index (χ3n) is 4.14. The standard InChI is InChI=1S/C21H15N3O3/c1-2-27-21(26)16-12-23-19-18(16)15-11-13(7-9-17(15)24-20(19)25)6-8-14-5-3-4-10-22-14/h3-5,7,9-12,23H,2H2,1H3,(H,24,25). The number of hydrogen-bond acceptors (Lipinski definition) is 4. The van der Waals surface area contributed by atoms with Crippen LogP contribution in [0.15, 0.2) is 53.6 Å². The van der Waals surface area contributed by atoms with Crippen molar-refractivity contribution in [1.29, 1.82) is 0 Å². The zero-order valence-corrected chi connectivity index (χ0v) is 14.5. The van der Waals surface area contributed by atoms with Gasteiger partial charge in [-0.15, -0.1) is 0 Å². The van der Waals surface area contributed by atoms with Crippen LogP contribution in [-0.2, 0) is 4.74 Å². The van der Waals surface area contributed by atoms with E-state index in [0.717, 1.165) is 10.9 Å². The number of ether oxygens (including phenoxy) is 1. The molecule has 0 aliphatic carbocycles. The lowest BCUT2D eigenvalue weighted by atomic mass is 10.0. The molecule has 0 fully saturated rings. The Morgan fingerprint density at radius 2 is 2.11 bits per heavy atom. The lowest BCUT2D eigenvalue weighted by Crippen LogP contribution is -2.08. The summed E-state index contributed by atoms with van der Waals surface area (Å²) in [5.74, 6) is 5.60. The van der Waals surface area contributed by atoms with Crippen LogP contribution in [0.3, 0.4) is 0 Å². The summed E-state index contributed by atoms with van der Waals surface area (Å²) in [5, 5.41) is 1.26. The van der Waals surface area contributed by atoms with E-state index in [1.807, 2.05) is 30.3 Å². The van der Waals surface area contributed by atoms with Crippen molar-refractivity contribution in [2.45, 2.75) is 6.92 Å². The molecule has 0 spiro atoms. The SMILES string of the molecule is CCOC(=O)c1c[nH]c2c(=O)[nH]c3ccc(C#Cc4ccccn4)cc3c12. The van der Waals surface area contributed by atoms with Crippen molar-refractivity contribution in [3.63, 3.8) is 0 Å². The summed E-state index contributed by atoms with van der Waals surface area (Å²) in [6, 6.07) is 11.0. The van der Waals surface area contributed by atoms with Crippen molar-refractivity contribution < 1.29 is 9.53 Å². The summed E-state index contributed by atoms with van der Waals surface area (Å²) in [4.78, 5) is 34.5. The van der Waals surface area contributed by atoms with E-state index < -0.39 is 5.97 Å². The van der Waals surface area contributed by atoms with E-state index in [4.69, 9.17) is 4.74 Å². The maximum Gasteiger partial charge on any atom is 0.340 e. The molecule has 1 aromatic carbocycles. The molecule has 0 saturated heterocycles. The first-order chi connectivity index (χ1) is 13.2. The number of fused-ring (bicyclic) bond motifs is 3. The van der Waals surface area contributed by atoms with Crippen molar-refractivity contribution in [2.24, 2.45) is 0 Å². The van der Waals surface area contributed by atoms with Gasteiger partial charge in [-0.25, -0.2) is 9.78 Å². The number of carbonyl (C=O) groups is 1. The van der Waals surface area contributed by atoms with Gasteiger partial charge in [0.05, 0.1) is 12.2 Å². The molecule has 27 heavy (non-hydrogen) atoms. The largest absolute Gasteiger partial charge is 0.462 e. The Kier molecular flexibility index (Phi) is 4.19. The van der Waals surface area contributed by atoms with Crippen LogP contribution in [-0.4, -0.2) is 27.5 Å². The number of pyridine rings is 2. The number of rotatable bonds is 2. The van der Waals surface area contributed by atoms with Crippen molar-refractivity contribution >= 4 is 27.8 Å². The number of nitrogens with zero attached hydrogens (tertiary/aromatic N) is 1. The minimum absolute atomic E-state index is 0.257. The smallest absolute Gasteiger partial charge is 0.340 e. The number of aromatic nitrogens is 3. The summed E-state index contributed by atoms with van der Waals surface area (Å²) in [6.45, 7) is 2.00. The molecule has 4 rings (SSSR count). The van der Waals surface area contributed by atoms with E-state index in [2.05, 4.69) is 26.8 Å². The summed E-state index contributed by atoms with van der Waals surface area (Å²) < 4.78 is 5.11. The molecule has 4 aromatic rings. The Balaban J connectivity index is 1.92. The van der Waals surface area contributed by atoms with Crippen LogP contribution in [0.5, 0.6) is 0 Å². The Morgan fingerprint density at radius 3 is 2.89 bits per heavy atom. The van der Waals surface area contributed by atoms with Crippen LogP contribution in [0, 0.1) is 11.8 Å². The van der Waals surface area contributed by atoms with Gasteiger partial charge in [0.25, 0.3) is 5.56 Å². The molecule has 2 N–H and O–H groups in total. The van der Waals surface area contributed by atoms with Gasteiger partial charge in [0.1, 0.15) is 11.2 Å². The van der Waals surface area contributed by atoms with E-state index in [0.29, 0.717) is 27.7 Å². The molecule has 0 aliphatic rings. The highest BCUT2D eigenvalue weighted by atomic mass is 16.5. The highest BCUT2D eigenvalue weighted by molar-refractivity contribution is 6.15. The molecule has 3 heterocycles. The Labute approximate surface area is 154 Å². The second-order valence-corrected chi connectivity index (χ2v) is 5.85. The topological polar surface area (TPSA) is 87.8 Å². The number of aromatic amines is 2. The van der Waals surface area contributed by atoms with Gasteiger partial charge in [0.2, 0.25) is 0 Å². The van der Waals surface area contributed by atoms with Crippen LogP contribution < -0.4 is 5.56 Å². The molecule has 132 valence electrons. The highest BCUT2D eigenvalue weighted by Crippen LogP contribution is 2.26. The molecule has 3 aromatic heterocycles. The van der Waals surface area contributed by atoms with Crippen molar-refractivity contribution in [1.82, 2.24) is 15.0 Å². The molecule has 0 atom stereocenters. The predicted molar refractivity (Wildman–Crippen MR) is 103 cm³/mol. The molecule has 0 amide bonds. The van der Waals surface area contributed by atoms with Crippen molar-refractivity contribution in [3.8, 4) is 11.8 Å². The predicted octanol–water partition coefficient (Wildman–Crippen LogP) is 2.98. The fraction of sp³-hybridized carbons (Fsp3) is 0.0952. The quantitative estimate of drug-likeness (QED) is 0.426. The maximum absolute atomic E-state index is 12.3. The molecular formula is C21H15N3O3. The van der Waals surface area contributed by atoms with Crippen molar-refractivity contribution in [2.75, 3.05) is 6.61 Å². The van der Waals surface area contributed by atoms with Crippen LogP contribution >= 0.6 is 0 Å². The van der Waals surface area contributed by atoms with Crippen LogP contribution in [0.1, 0.15) is 28.5 Å². The highest BCUT2D eigenvalue weighted by Gasteiger charge is 2.18. The van der Waals surface area contributed by atoms with E-state index >= 15 is 0 Å². The number of benzene rings is 1. The Morgan fingerprint density at radius 1 is 1.22 bits per heavy atom. The number of nitrogens with one attached hydrogen (secondary N) is 2. The molecule has 0 bridgehead atoms. The van der Waals surface area contributed by atoms with Gasteiger partial charge >= 0.3 is 5.97 Å². The lowest BCUT2D eigenvalue weighted by Gasteiger charge is -2.04. The molecular weight excluding hydrogens is 342 g/mol. The number of H-pyrrole nitrogens is 2. The van der Waals surface area contributed by atoms with Crippen molar-refractivity contribution in [3.05, 3.63) is 76.0 Å². The number of esters is 1. The molecule has 6 heteroatoms. The molecule has 0 aliphatic heterocycles. The lowest BCUT2D eigenvalue weighted by molar-refractivity contribution is 0.0529. The van der Waals surface area contributed by atoms with E-state index in [1.165, 1.54) is 6.20 Å². The first kappa shape index (κ1) is 16.6. The second kappa shape index (κ2) is 6.81. The van der Waals surface area contributed by atoms with Gasteiger partial charge in [-0.1, -0.05) is 12.0 Å². The molecule has 0 radical (unpaired) electrons. The maximum atomic E-state index is 12.3. The minimum Gasteiger partial charge on any atom is -0.462 e. The summed E-state index contributed by atoms with van der Waals surface area (Å²) in [6.07, 6.45) is 3.19. The third kappa shape index (κ3) is 3.07. The summed E-state index contributed by atoms with van der Waals surface area (Å²) in [5.41, 5.74) is 2.41. The van der Waals surface area contributed by atoms with Crippen LogP contribution in [0.2, 0.25) is 0 Å². The van der Waals surface area contributed by atoms with Gasteiger partial charge in [-0.3, -0.25) is 4.79 Å². The fourth-order valence-electron chi connectivity index (χ4n) is 2.95.